The molecule has 2 saturated heterocycles. The number of hydrogen-bond donors (Lipinski definition) is 2. The van der Waals surface area contributed by atoms with Crippen molar-refractivity contribution in [3.8, 4) is 5.75 Å². The summed E-state index contributed by atoms with van der Waals surface area (Å²) in [5.74, 6) is -0.541. The summed E-state index contributed by atoms with van der Waals surface area (Å²) in [6.07, 6.45) is -1.12. The highest BCUT2D eigenvalue weighted by molar-refractivity contribution is 6.31. The maximum atomic E-state index is 10.7. The van der Waals surface area contributed by atoms with E-state index in [0.717, 1.165) is 16.9 Å². The van der Waals surface area contributed by atoms with Gasteiger partial charge in [-0.2, -0.15) is 0 Å². The van der Waals surface area contributed by atoms with Gasteiger partial charge in [0.25, 0.3) is 0 Å². The van der Waals surface area contributed by atoms with E-state index >= 15 is 0 Å². The maximum absolute atomic E-state index is 10.7. The van der Waals surface area contributed by atoms with Gasteiger partial charge in [-0.25, -0.2) is 0 Å². The Balaban J connectivity index is 1.64. The predicted molar refractivity (Wildman–Crippen MR) is 106 cm³/mol. The van der Waals surface area contributed by atoms with E-state index < -0.39 is 23.6 Å². The van der Waals surface area contributed by atoms with E-state index in [0.29, 0.717) is 36.6 Å². The molecule has 2 aliphatic rings. The van der Waals surface area contributed by atoms with Crippen molar-refractivity contribution in [1.29, 1.82) is 0 Å². The minimum absolute atomic E-state index is 0.317. The molecule has 2 fully saturated rings. The fourth-order valence-electron chi connectivity index (χ4n) is 4.07. The molecule has 2 N–H and O–H groups in total. The van der Waals surface area contributed by atoms with Crippen LogP contribution in [0.15, 0.2) is 42.5 Å². The number of halogens is 1. The van der Waals surface area contributed by atoms with Crippen molar-refractivity contribution < 1.29 is 24.4 Å². The molecule has 6 heteroatoms. The molecule has 4 atom stereocenters. The van der Waals surface area contributed by atoms with Crippen LogP contribution in [0.2, 0.25) is 5.02 Å². The number of rotatable bonds is 5. The first-order valence-electron chi connectivity index (χ1n) is 9.56. The van der Waals surface area contributed by atoms with E-state index in [1.165, 1.54) is 0 Å². The summed E-state index contributed by atoms with van der Waals surface area (Å²) in [5.41, 5.74) is 2.02. The Morgan fingerprint density at radius 3 is 2.64 bits per heavy atom. The fourth-order valence-corrected chi connectivity index (χ4v) is 4.25. The highest BCUT2D eigenvalue weighted by atomic mass is 35.5. The summed E-state index contributed by atoms with van der Waals surface area (Å²) in [6, 6.07) is 13.3. The number of ether oxygens (including phenoxy) is 3. The third-order valence-electron chi connectivity index (χ3n) is 5.46. The van der Waals surface area contributed by atoms with Crippen LogP contribution in [0.25, 0.3) is 0 Å². The summed E-state index contributed by atoms with van der Waals surface area (Å²) in [6.45, 7) is 4.79. The number of fused-ring (bicyclic) bond motifs is 2. The van der Waals surface area contributed by atoms with Crippen molar-refractivity contribution in [3.63, 3.8) is 0 Å². The quantitative estimate of drug-likeness (QED) is 0.799. The third-order valence-corrected chi connectivity index (χ3v) is 5.83. The molecule has 2 aromatic rings. The second kappa shape index (κ2) is 7.32. The van der Waals surface area contributed by atoms with Gasteiger partial charge >= 0.3 is 0 Å². The van der Waals surface area contributed by atoms with Crippen LogP contribution in [-0.2, 0) is 21.7 Å². The highest BCUT2D eigenvalue weighted by Gasteiger charge is 2.60. The van der Waals surface area contributed by atoms with Crippen molar-refractivity contribution in [1.82, 2.24) is 0 Å². The van der Waals surface area contributed by atoms with Gasteiger partial charge in [0.05, 0.1) is 24.9 Å². The first-order chi connectivity index (χ1) is 13.3. The van der Waals surface area contributed by atoms with Crippen LogP contribution < -0.4 is 4.74 Å². The Kier molecular flexibility index (Phi) is 5.14. The lowest BCUT2D eigenvalue weighted by molar-refractivity contribution is -0.296. The Bertz CT molecular complexity index is 855. The van der Waals surface area contributed by atoms with Gasteiger partial charge in [-0.05, 0) is 55.7 Å². The minimum Gasteiger partial charge on any atom is -0.494 e. The first-order valence-corrected chi connectivity index (χ1v) is 9.94. The average Bonchev–Trinajstić information content (AvgIpc) is 2.98. The molecule has 0 saturated carbocycles. The van der Waals surface area contributed by atoms with E-state index in [2.05, 4.69) is 0 Å². The lowest BCUT2D eigenvalue weighted by Gasteiger charge is -2.42. The summed E-state index contributed by atoms with van der Waals surface area (Å²) in [7, 11) is 0. The first kappa shape index (κ1) is 19.7. The van der Waals surface area contributed by atoms with E-state index in [9.17, 15) is 10.2 Å². The lowest BCUT2D eigenvalue weighted by Crippen LogP contribution is -2.55. The van der Waals surface area contributed by atoms with Gasteiger partial charge in [0.15, 0.2) is 0 Å². The molecule has 2 heterocycles. The van der Waals surface area contributed by atoms with Gasteiger partial charge in [-0.1, -0.05) is 29.8 Å². The van der Waals surface area contributed by atoms with Crippen molar-refractivity contribution >= 4 is 11.6 Å². The molecule has 4 rings (SSSR count). The summed E-state index contributed by atoms with van der Waals surface area (Å²) >= 11 is 6.44. The zero-order valence-electron chi connectivity index (χ0n) is 16.0. The molecule has 0 amide bonds. The third kappa shape index (κ3) is 3.42. The minimum atomic E-state index is -1.37. The van der Waals surface area contributed by atoms with Gasteiger partial charge in [-0.3, -0.25) is 0 Å². The predicted octanol–water partition coefficient (Wildman–Crippen LogP) is 3.41. The lowest BCUT2D eigenvalue weighted by atomic mass is 9.86. The van der Waals surface area contributed by atoms with Crippen LogP contribution in [0.5, 0.6) is 5.75 Å². The molecule has 28 heavy (non-hydrogen) atoms. The van der Waals surface area contributed by atoms with Crippen molar-refractivity contribution in [2.24, 2.45) is 0 Å². The molecule has 2 aromatic carbocycles. The van der Waals surface area contributed by atoms with E-state index in [4.69, 9.17) is 25.8 Å². The van der Waals surface area contributed by atoms with Crippen LogP contribution in [0.4, 0.5) is 0 Å². The molecule has 0 aromatic heterocycles. The van der Waals surface area contributed by atoms with Gasteiger partial charge in [0.1, 0.15) is 11.9 Å². The maximum Gasteiger partial charge on any atom is 0.225 e. The fraction of sp³-hybridized carbons (Fsp3) is 0.455. The van der Waals surface area contributed by atoms with Gasteiger partial charge in [0.2, 0.25) is 5.79 Å². The number of benzene rings is 2. The number of aliphatic hydroxyl groups is 2. The topological polar surface area (TPSA) is 68.2 Å². The smallest absolute Gasteiger partial charge is 0.225 e. The molecular weight excluding hydrogens is 380 g/mol. The molecule has 150 valence electrons. The molecule has 2 bridgehead atoms. The monoisotopic (exact) mass is 404 g/mol. The van der Waals surface area contributed by atoms with Crippen LogP contribution in [-0.4, -0.2) is 41.2 Å². The average molecular weight is 405 g/mol. The second-order valence-electron chi connectivity index (χ2n) is 7.78. The van der Waals surface area contributed by atoms with Crippen LogP contribution in [0, 0.1) is 0 Å². The molecule has 5 nitrogen and oxygen atoms in total. The number of hydrogen-bond acceptors (Lipinski definition) is 5. The normalized spacial score (nSPS) is 31.8. The standard InChI is InChI=1S/C22H25ClO5/c1-3-26-17-7-4-14(5-8-17)10-15-11-16(6-9-18(15)23)22-20(25)19(24)12-21(2,28-22)13-27-22/h4-9,11,19-20,24-25H,3,10,12-13H2,1-2H3/t19-,20+,21+,22-/m0/s1. The SMILES string of the molecule is CCOc1ccc(Cc2cc([C@@]34OC[C@@](C)(C[C@H](O)[C@H]3O)O4)ccc2Cl)cc1. The molecule has 0 unspecified atom stereocenters. The highest BCUT2D eigenvalue weighted by Crippen LogP contribution is 2.49. The molecule has 0 radical (unpaired) electrons. The zero-order chi connectivity index (χ0) is 19.9. The Morgan fingerprint density at radius 2 is 1.93 bits per heavy atom. The van der Waals surface area contributed by atoms with Crippen LogP contribution in [0.3, 0.4) is 0 Å². The molecular formula is C22H25ClO5. The van der Waals surface area contributed by atoms with Gasteiger partial charge in [-0.15, -0.1) is 0 Å². The van der Waals surface area contributed by atoms with E-state index in [-0.39, 0.29) is 0 Å². The second-order valence-corrected chi connectivity index (χ2v) is 8.19. The van der Waals surface area contributed by atoms with E-state index in [1.807, 2.05) is 44.2 Å². The van der Waals surface area contributed by atoms with Gasteiger partial charge < -0.3 is 24.4 Å². The largest absolute Gasteiger partial charge is 0.494 e. The molecule has 0 spiro atoms. The molecule has 0 aliphatic carbocycles. The number of aliphatic hydroxyl groups excluding tert-OH is 2. The van der Waals surface area contributed by atoms with Crippen molar-refractivity contribution in [3.05, 3.63) is 64.2 Å². The Morgan fingerprint density at radius 1 is 1.18 bits per heavy atom. The van der Waals surface area contributed by atoms with E-state index in [1.54, 1.807) is 12.1 Å². The van der Waals surface area contributed by atoms with Crippen LogP contribution >= 0.6 is 11.6 Å². The van der Waals surface area contributed by atoms with Crippen molar-refractivity contribution in [2.45, 2.75) is 50.3 Å². The van der Waals surface area contributed by atoms with Crippen LogP contribution in [0.1, 0.15) is 37.0 Å². The Labute approximate surface area is 169 Å². The van der Waals surface area contributed by atoms with Gasteiger partial charge in [0, 0.05) is 17.0 Å². The molecule has 2 aliphatic heterocycles. The Hall–Kier alpha value is -1.63. The summed E-state index contributed by atoms with van der Waals surface area (Å²) in [4.78, 5) is 0. The summed E-state index contributed by atoms with van der Waals surface area (Å²) < 4.78 is 17.6. The summed E-state index contributed by atoms with van der Waals surface area (Å²) in [5, 5.41) is 21.6. The zero-order valence-corrected chi connectivity index (χ0v) is 16.8. The van der Waals surface area contributed by atoms with Crippen molar-refractivity contribution in [2.75, 3.05) is 13.2 Å².